The third-order valence-electron chi connectivity index (χ3n) is 1.85. The van der Waals surface area contributed by atoms with Gasteiger partial charge in [-0.2, -0.15) is 0 Å². The molecule has 0 atom stereocenters. The summed E-state index contributed by atoms with van der Waals surface area (Å²) in [7, 11) is 0. The van der Waals surface area contributed by atoms with Crippen molar-refractivity contribution in [3.63, 3.8) is 0 Å². The van der Waals surface area contributed by atoms with Gasteiger partial charge in [-0.3, -0.25) is 4.79 Å². The lowest BCUT2D eigenvalue weighted by atomic mass is 10.1. The summed E-state index contributed by atoms with van der Waals surface area (Å²) >= 11 is 0. The molecule has 0 fully saturated rings. The van der Waals surface area contributed by atoms with E-state index in [1.165, 1.54) is 12.3 Å². The van der Waals surface area contributed by atoms with Crippen LogP contribution in [-0.4, -0.2) is 34.3 Å². The second-order valence-corrected chi connectivity index (χ2v) is 3.03. The van der Waals surface area contributed by atoms with E-state index in [1.807, 2.05) is 0 Å². The zero-order chi connectivity index (χ0) is 11.3. The summed E-state index contributed by atoms with van der Waals surface area (Å²) in [6.07, 6.45) is 1.46. The molecule has 1 heterocycles. The van der Waals surface area contributed by atoms with Crippen LogP contribution >= 0.6 is 0 Å². The van der Waals surface area contributed by atoms with Gasteiger partial charge in [0, 0.05) is 18.0 Å². The number of nitrogens with zero attached hydrogens (tertiary/aromatic N) is 1. The number of nitrogens with two attached hydrogens (primary N) is 1. The SMILES string of the molecule is Nc1ccnc(NC(=O)C(CO)CO)c1. The Morgan fingerprint density at radius 1 is 1.53 bits per heavy atom. The Labute approximate surface area is 86.8 Å². The minimum absolute atomic E-state index is 0.298. The first-order valence-corrected chi connectivity index (χ1v) is 4.41. The molecule has 1 aromatic rings. The molecule has 0 aromatic carbocycles. The lowest BCUT2D eigenvalue weighted by Gasteiger charge is -2.10. The van der Waals surface area contributed by atoms with E-state index < -0.39 is 25.0 Å². The number of aliphatic hydroxyl groups excluding tert-OH is 2. The summed E-state index contributed by atoms with van der Waals surface area (Å²) < 4.78 is 0. The molecule has 15 heavy (non-hydrogen) atoms. The van der Waals surface area contributed by atoms with Crippen LogP contribution in [0, 0.1) is 5.92 Å². The van der Waals surface area contributed by atoms with Crippen molar-refractivity contribution in [3.05, 3.63) is 18.3 Å². The number of rotatable bonds is 4. The molecule has 0 unspecified atom stereocenters. The Morgan fingerprint density at radius 2 is 2.20 bits per heavy atom. The van der Waals surface area contributed by atoms with Crippen molar-refractivity contribution in [2.75, 3.05) is 24.3 Å². The van der Waals surface area contributed by atoms with Gasteiger partial charge < -0.3 is 21.3 Å². The highest BCUT2D eigenvalue weighted by atomic mass is 16.3. The van der Waals surface area contributed by atoms with Gasteiger partial charge in [0.25, 0.3) is 0 Å². The molecule has 1 rings (SSSR count). The van der Waals surface area contributed by atoms with Crippen LogP contribution < -0.4 is 11.1 Å². The fourth-order valence-corrected chi connectivity index (χ4v) is 0.967. The molecule has 0 spiro atoms. The van der Waals surface area contributed by atoms with E-state index in [2.05, 4.69) is 10.3 Å². The molecule has 0 aliphatic heterocycles. The topological polar surface area (TPSA) is 108 Å². The summed E-state index contributed by atoms with van der Waals surface area (Å²) in [5.74, 6) is -1.03. The first kappa shape index (κ1) is 11.4. The second-order valence-electron chi connectivity index (χ2n) is 3.03. The van der Waals surface area contributed by atoms with Crippen LogP contribution in [0.1, 0.15) is 0 Å². The van der Waals surface area contributed by atoms with Crippen LogP contribution in [0.25, 0.3) is 0 Å². The molecular weight excluding hydrogens is 198 g/mol. The maximum Gasteiger partial charge on any atom is 0.233 e. The summed E-state index contributed by atoms with van der Waals surface area (Å²) in [5.41, 5.74) is 5.96. The molecule has 82 valence electrons. The Kier molecular flexibility index (Phi) is 4.02. The number of nitrogens with one attached hydrogen (secondary N) is 1. The standard InChI is InChI=1S/C9H13N3O3/c10-7-1-2-11-8(3-7)12-9(15)6(4-13)5-14/h1-3,6,13-14H,4-5H2,(H3,10,11,12,15). The van der Waals surface area contributed by atoms with Gasteiger partial charge in [-0.15, -0.1) is 0 Å². The highest BCUT2D eigenvalue weighted by Gasteiger charge is 2.16. The zero-order valence-electron chi connectivity index (χ0n) is 8.05. The van der Waals surface area contributed by atoms with Crippen molar-refractivity contribution in [1.29, 1.82) is 0 Å². The molecule has 6 nitrogen and oxygen atoms in total. The molecule has 0 aliphatic carbocycles. The molecule has 0 saturated heterocycles. The number of carbonyl (C=O) groups excluding carboxylic acids is 1. The van der Waals surface area contributed by atoms with E-state index in [0.717, 1.165) is 0 Å². The van der Waals surface area contributed by atoms with Crippen molar-refractivity contribution in [2.45, 2.75) is 0 Å². The van der Waals surface area contributed by atoms with E-state index in [9.17, 15) is 4.79 Å². The Hall–Kier alpha value is -1.66. The smallest absolute Gasteiger partial charge is 0.233 e. The van der Waals surface area contributed by atoms with Crippen LogP contribution in [0.4, 0.5) is 11.5 Å². The molecular formula is C9H13N3O3. The van der Waals surface area contributed by atoms with E-state index >= 15 is 0 Å². The third-order valence-corrected chi connectivity index (χ3v) is 1.85. The third kappa shape index (κ3) is 3.19. The summed E-state index contributed by atoms with van der Waals surface area (Å²) in [6, 6.07) is 3.08. The average Bonchev–Trinajstić information content (AvgIpc) is 2.19. The van der Waals surface area contributed by atoms with E-state index in [0.29, 0.717) is 11.5 Å². The summed E-state index contributed by atoms with van der Waals surface area (Å²) in [5, 5.41) is 20.0. The highest BCUT2D eigenvalue weighted by Crippen LogP contribution is 2.09. The van der Waals surface area contributed by atoms with Crippen LogP contribution in [0.3, 0.4) is 0 Å². The summed E-state index contributed by atoms with van der Waals surface area (Å²) in [6.45, 7) is -0.824. The van der Waals surface area contributed by atoms with Gasteiger partial charge in [-0.1, -0.05) is 0 Å². The first-order valence-electron chi connectivity index (χ1n) is 4.41. The Morgan fingerprint density at radius 3 is 2.73 bits per heavy atom. The fraction of sp³-hybridized carbons (Fsp3) is 0.333. The van der Waals surface area contributed by atoms with Crippen molar-refractivity contribution in [2.24, 2.45) is 5.92 Å². The zero-order valence-corrected chi connectivity index (χ0v) is 8.05. The predicted molar refractivity (Wildman–Crippen MR) is 54.9 cm³/mol. The molecule has 1 aromatic heterocycles. The maximum absolute atomic E-state index is 11.4. The van der Waals surface area contributed by atoms with Gasteiger partial charge in [0.05, 0.1) is 19.1 Å². The molecule has 0 aliphatic rings. The van der Waals surface area contributed by atoms with Gasteiger partial charge in [0.15, 0.2) is 0 Å². The van der Waals surface area contributed by atoms with Crippen LogP contribution in [0.15, 0.2) is 18.3 Å². The number of hydrogen-bond acceptors (Lipinski definition) is 5. The van der Waals surface area contributed by atoms with Gasteiger partial charge >= 0.3 is 0 Å². The summed E-state index contributed by atoms with van der Waals surface area (Å²) in [4.78, 5) is 15.2. The molecule has 0 saturated carbocycles. The number of aromatic nitrogens is 1. The van der Waals surface area contributed by atoms with Gasteiger partial charge in [-0.05, 0) is 6.07 Å². The Bertz CT molecular complexity index is 339. The number of pyridine rings is 1. The van der Waals surface area contributed by atoms with Crippen LogP contribution in [0.2, 0.25) is 0 Å². The maximum atomic E-state index is 11.4. The normalized spacial score (nSPS) is 10.3. The van der Waals surface area contributed by atoms with Gasteiger partial charge in [0.1, 0.15) is 5.82 Å². The van der Waals surface area contributed by atoms with Gasteiger partial charge in [0.2, 0.25) is 5.91 Å². The number of nitrogen functional groups attached to an aromatic ring is 1. The number of carbonyl (C=O) groups is 1. The van der Waals surface area contributed by atoms with Crippen molar-refractivity contribution in [1.82, 2.24) is 4.98 Å². The van der Waals surface area contributed by atoms with E-state index in [4.69, 9.17) is 15.9 Å². The minimum atomic E-state index is -0.840. The number of amides is 1. The van der Waals surface area contributed by atoms with Crippen LogP contribution in [-0.2, 0) is 4.79 Å². The molecule has 1 amide bonds. The molecule has 5 N–H and O–H groups in total. The second kappa shape index (κ2) is 5.28. The number of hydrogen-bond donors (Lipinski definition) is 4. The van der Waals surface area contributed by atoms with Crippen molar-refractivity contribution < 1.29 is 15.0 Å². The largest absolute Gasteiger partial charge is 0.399 e. The quantitative estimate of drug-likeness (QED) is 0.521. The predicted octanol–water partition coefficient (Wildman–Crippen LogP) is -0.797. The number of aliphatic hydroxyl groups is 2. The monoisotopic (exact) mass is 211 g/mol. The van der Waals surface area contributed by atoms with Gasteiger partial charge in [-0.25, -0.2) is 4.98 Å². The molecule has 0 bridgehead atoms. The minimum Gasteiger partial charge on any atom is -0.399 e. The lowest BCUT2D eigenvalue weighted by molar-refractivity contribution is -0.122. The van der Waals surface area contributed by atoms with E-state index in [1.54, 1.807) is 6.07 Å². The van der Waals surface area contributed by atoms with Crippen molar-refractivity contribution >= 4 is 17.4 Å². The molecule has 0 radical (unpaired) electrons. The van der Waals surface area contributed by atoms with Crippen LogP contribution in [0.5, 0.6) is 0 Å². The van der Waals surface area contributed by atoms with E-state index in [-0.39, 0.29) is 0 Å². The first-order chi connectivity index (χ1) is 7.17. The molecule has 6 heteroatoms. The average molecular weight is 211 g/mol. The fourth-order valence-electron chi connectivity index (χ4n) is 0.967. The highest BCUT2D eigenvalue weighted by molar-refractivity contribution is 5.92. The lowest BCUT2D eigenvalue weighted by Crippen LogP contribution is -2.28. The number of anilines is 2. The Balaban J connectivity index is 2.65. The van der Waals surface area contributed by atoms with Crippen molar-refractivity contribution in [3.8, 4) is 0 Å².